The van der Waals surface area contributed by atoms with E-state index in [1.165, 1.54) is 25.7 Å². The Bertz CT molecular complexity index is 140. The molecule has 0 spiro atoms. The van der Waals surface area contributed by atoms with E-state index in [0.717, 1.165) is 6.42 Å². The third kappa shape index (κ3) is 2.01. The van der Waals surface area contributed by atoms with E-state index in [-0.39, 0.29) is 6.10 Å². The molecule has 1 nitrogen and oxygen atoms in total. The molecule has 0 aromatic carbocycles. The number of aliphatic hydroxyl groups excluding tert-OH is 1. The van der Waals surface area contributed by atoms with Crippen molar-refractivity contribution in [3.63, 3.8) is 0 Å². The largest absolute Gasteiger partial charge is 0.393 e. The van der Waals surface area contributed by atoms with Gasteiger partial charge in [-0.1, -0.05) is 40.0 Å². The van der Waals surface area contributed by atoms with E-state index in [0.29, 0.717) is 11.3 Å². The van der Waals surface area contributed by atoms with E-state index < -0.39 is 0 Å². The van der Waals surface area contributed by atoms with Crippen molar-refractivity contribution in [2.24, 2.45) is 11.3 Å². The summed E-state index contributed by atoms with van der Waals surface area (Å²) in [6.45, 7) is 6.79. The van der Waals surface area contributed by atoms with Gasteiger partial charge in [0.15, 0.2) is 0 Å². The average Bonchev–Trinajstić information content (AvgIpc) is 2.05. The maximum Gasteiger partial charge on any atom is 0.0573 e. The normalized spacial score (nSPS) is 32.0. The van der Waals surface area contributed by atoms with Crippen LogP contribution < -0.4 is 0 Å². The Hall–Kier alpha value is -0.0400. The first-order valence-corrected chi connectivity index (χ1v) is 5.26. The molecule has 12 heavy (non-hydrogen) atoms. The molecule has 0 unspecified atom stereocenters. The van der Waals surface area contributed by atoms with E-state index in [4.69, 9.17) is 0 Å². The Labute approximate surface area is 76.2 Å². The zero-order valence-electron chi connectivity index (χ0n) is 8.64. The van der Waals surface area contributed by atoms with Crippen LogP contribution in [0.4, 0.5) is 0 Å². The first kappa shape index (κ1) is 10.0. The lowest BCUT2D eigenvalue weighted by Crippen LogP contribution is -2.36. The lowest BCUT2D eigenvalue weighted by molar-refractivity contribution is 0.000993. The van der Waals surface area contributed by atoms with Crippen LogP contribution in [-0.4, -0.2) is 11.2 Å². The molecule has 0 heterocycles. The Morgan fingerprint density at radius 1 is 1.25 bits per heavy atom. The number of hydrogen-bond acceptors (Lipinski definition) is 1. The summed E-state index contributed by atoms with van der Waals surface area (Å²) in [6.07, 6.45) is 5.92. The van der Waals surface area contributed by atoms with Crippen LogP contribution in [0.5, 0.6) is 0 Å². The summed E-state index contributed by atoms with van der Waals surface area (Å²) in [6, 6.07) is 0. The molecule has 0 radical (unpaired) electrons. The van der Waals surface area contributed by atoms with Crippen molar-refractivity contribution < 1.29 is 5.11 Å². The highest BCUT2D eigenvalue weighted by Gasteiger charge is 2.34. The van der Waals surface area contributed by atoms with Crippen molar-refractivity contribution >= 4 is 0 Å². The van der Waals surface area contributed by atoms with Crippen molar-refractivity contribution in [1.29, 1.82) is 0 Å². The van der Waals surface area contributed by atoms with Gasteiger partial charge < -0.3 is 5.11 Å². The van der Waals surface area contributed by atoms with Gasteiger partial charge in [0.1, 0.15) is 0 Å². The van der Waals surface area contributed by atoms with Crippen LogP contribution in [-0.2, 0) is 0 Å². The third-order valence-electron chi connectivity index (χ3n) is 3.64. The summed E-state index contributed by atoms with van der Waals surface area (Å²) in [5.41, 5.74) is 0.333. The summed E-state index contributed by atoms with van der Waals surface area (Å²) in [5, 5.41) is 9.84. The summed E-state index contributed by atoms with van der Waals surface area (Å²) in [5.74, 6) is 0.538. The van der Waals surface area contributed by atoms with Gasteiger partial charge in [0.2, 0.25) is 0 Å². The molecule has 1 fully saturated rings. The van der Waals surface area contributed by atoms with Crippen molar-refractivity contribution in [3.8, 4) is 0 Å². The zero-order valence-corrected chi connectivity index (χ0v) is 8.64. The predicted octanol–water partition coefficient (Wildman–Crippen LogP) is 2.97. The minimum absolute atomic E-state index is 0.0336. The van der Waals surface area contributed by atoms with E-state index in [1.54, 1.807) is 0 Å². The maximum absolute atomic E-state index is 9.84. The molecule has 0 aromatic heterocycles. The summed E-state index contributed by atoms with van der Waals surface area (Å²) in [4.78, 5) is 0. The molecule has 0 bridgehead atoms. The Morgan fingerprint density at radius 3 is 2.33 bits per heavy atom. The van der Waals surface area contributed by atoms with E-state index in [1.807, 2.05) is 0 Å². The van der Waals surface area contributed by atoms with Gasteiger partial charge in [-0.25, -0.2) is 0 Å². The highest BCUT2D eigenvalue weighted by Crippen LogP contribution is 2.40. The quantitative estimate of drug-likeness (QED) is 0.675. The van der Waals surface area contributed by atoms with Crippen LogP contribution in [0.1, 0.15) is 52.9 Å². The second-order valence-electron chi connectivity index (χ2n) is 4.80. The molecule has 0 aromatic rings. The van der Waals surface area contributed by atoms with Gasteiger partial charge in [-0.2, -0.15) is 0 Å². The Balaban J connectivity index is 2.58. The van der Waals surface area contributed by atoms with Crippen molar-refractivity contribution in [2.75, 3.05) is 0 Å². The lowest BCUT2D eigenvalue weighted by atomic mass is 9.68. The maximum atomic E-state index is 9.84. The van der Waals surface area contributed by atoms with Gasteiger partial charge in [-0.15, -0.1) is 0 Å². The van der Waals surface area contributed by atoms with Gasteiger partial charge in [-0.05, 0) is 24.2 Å². The van der Waals surface area contributed by atoms with Crippen molar-refractivity contribution in [2.45, 2.75) is 59.0 Å². The van der Waals surface area contributed by atoms with Crippen LogP contribution in [0.25, 0.3) is 0 Å². The third-order valence-corrected chi connectivity index (χ3v) is 3.64. The topological polar surface area (TPSA) is 20.2 Å². The summed E-state index contributed by atoms with van der Waals surface area (Å²) in [7, 11) is 0. The first-order chi connectivity index (χ1) is 5.58. The molecular weight excluding hydrogens is 148 g/mol. The SMILES string of the molecule is CCC(C)(C)[C@@H]1CCCC[C@@H]1O. The lowest BCUT2D eigenvalue weighted by Gasteiger charge is -2.39. The molecule has 0 saturated heterocycles. The minimum Gasteiger partial charge on any atom is -0.393 e. The van der Waals surface area contributed by atoms with Crippen LogP contribution >= 0.6 is 0 Å². The first-order valence-electron chi connectivity index (χ1n) is 5.26. The van der Waals surface area contributed by atoms with Crippen molar-refractivity contribution in [3.05, 3.63) is 0 Å². The standard InChI is InChI=1S/C11H22O/c1-4-11(2,3)9-7-5-6-8-10(9)12/h9-10,12H,4-8H2,1-3H3/t9-,10+/m1/s1. The smallest absolute Gasteiger partial charge is 0.0573 e. The molecule has 72 valence electrons. The highest BCUT2D eigenvalue weighted by atomic mass is 16.3. The summed E-state index contributed by atoms with van der Waals surface area (Å²) < 4.78 is 0. The van der Waals surface area contributed by atoms with Gasteiger partial charge in [0.05, 0.1) is 6.10 Å². The molecule has 1 aliphatic carbocycles. The predicted molar refractivity (Wildman–Crippen MR) is 52.0 cm³/mol. The molecule has 1 saturated carbocycles. The van der Waals surface area contributed by atoms with Gasteiger partial charge in [0, 0.05) is 0 Å². The summed E-state index contributed by atoms with van der Waals surface area (Å²) >= 11 is 0. The molecule has 0 amide bonds. The van der Waals surface area contributed by atoms with Crippen LogP contribution in [0, 0.1) is 11.3 Å². The Kier molecular flexibility index (Phi) is 3.16. The monoisotopic (exact) mass is 170 g/mol. The second-order valence-corrected chi connectivity index (χ2v) is 4.80. The van der Waals surface area contributed by atoms with Gasteiger partial charge >= 0.3 is 0 Å². The molecule has 1 heteroatoms. The van der Waals surface area contributed by atoms with Gasteiger partial charge in [0.25, 0.3) is 0 Å². The van der Waals surface area contributed by atoms with E-state index in [9.17, 15) is 5.11 Å². The molecule has 1 N–H and O–H groups in total. The fraction of sp³-hybridized carbons (Fsp3) is 1.00. The van der Waals surface area contributed by atoms with Gasteiger partial charge in [-0.3, -0.25) is 0 Å². The van der Waals surface area contributed by atoms with Crippen LogP contribution in [0.2, 0.25) is 0 Å². The molecule has 1 aliphatic rings. The van der Waals surface area contributed by atoms with Crippen LogP contribution in [0.15, 0.2) is 0 Å². The average molecular weight is 170 g/mol. The molecule has 0 aliphatic heterocycles. The fourth-order valence-corrected chi connectivity index (χ4v) is 2.29. The second kappa shape index (κ2) is 3.78. The van der Waals surface area contributed by atoms with E-state index in [2.05, 4.69) is 20.8 Å². The number of hydrogen-bond donors (Lipinski definition) is 1. The van der Waals surface area contributed by atoms with Crippen molar-refractivity contribution in [1.82, 2.24) is 0 Å². The highest BCUT2D eigenvalue weighted by molar-refractivity contribution is 4.85. The molecule has 1 rings (SSSR count). The fourth-order valence-electron chi connectivity index (χ4n) is 2.29. The van der Waals surface area contributed by atoms with E-state index >= 15 is 0 Å². The van der Waals surface area contributed by atoms with Crippen LogP contribution in [0.3, 0.4) is 0 Å². The zero-order chi connectivity index (χ0) is 9.19. The number of aliphatic hydroxyl groups is 1. The Morgan fingerprint density at radius 2 is 1.83 bits per heavy atom. The number of rotatable bonds is 2. The minimum atomic E-state index is -0.0336. The molecular formula is C11H22O. The molecule has 2 atom stereocenters.